The highest BCUT2D eigenvalue weighted by Crippen LogP contribution is 2.38. The van der Waals surface area contributed by atoms with Gasteiger partial charge in [0.15, 0.2) is 0 Å². The molecule has 4 heteroatoms. The maximum atomic E-state index is 5.83. The zero-order chi connectivity index (χ0) is 12.8. The summed E-state index contributed by atoms with van der Waals surface area (Å²) in [5, 5.41) is 0. The van der Waals surface area contributed by atoms with Gasteiger partial charge in [-0.1, -0.05) is 31.2 Å². The van der Waals surface area contributed by atoms with Crippen molar-refractivity contribution in [3.05, 3.63) is 54.1 Å². The first-order valence-corrected chi connectivity index (χ1v) is 7.00. The second kappa shape index (κ2) is 8.10. The van der Waals surface area contributed by atoms with E-state index >= 15 is 0 Å². The van der Waals surface area contributed by atoms with E-state index in [1.165, 1.54) is 10.5 Å². The Labute approximate surface area is 124 Å². The molecule has 2 N–H and O–H groups in total. The van der Waals surface area contributed by atoms with Crippen LogP contribution in [-0.2, 0) is 5.75 Å². The van der Waals surface area contributed by atoms with Crippen LogP contribution in [0.15, 0.2) is 53.4 Å². The largest absolute Gasteiger partial charge is 0.457 e. The molecule has 0 spiro atoms. The SMILES string of the molecule is CCN.Cl.c1ccc(Oc2cc3ccc2CS3)cc1. The van der Waals surface area contributed by atoms with Gasteiger partial charge in [0.05, 0.1) is 0 Å². The maximum absolute atomic E-state index is 5.83. The molecule has 0 unspecified atom stereocenters. The van der Waals surface area contributed by atoms with Crippen LogP contribution in [0.25, 0.3) is 0 Å². The summed E-state index contributed by atoms with van der Waals surface area (Å²) in [6.45, 7) is 2.65. The lowest BCUT2D eigenvalue weighted by Crippen LogP contribution is -1.95. The average Bonchev–Trinajstić information content (AvgIpc) is 2.42. The molecular formula is C15H18ClNOS. The van der Waals surface area contributed by atoms with E-state index in [1.807, 2.05) is 49.0 Å². The fourth-order valence-corrected chi connectivity index (χ4v) is 2.53. The normalized spacial score (nSPS) is 11.1. The minimum atomic E-state index is 0. The van der Waals surface area contributed by atoms with Crippen LogP contribution in [0.5, 0.6) is 11.5 Å². The summed E-state index contributed by atoms with van der Waals surface area (Å²) in [5.74, 6) is 2.94. The van der Waals surface area contributed by atoms with Gasteiger partial charge in [-0.2, -0.15) is 0 Å². The highest BCUT2D eigenvalue weighted by molar-refractivity contribution is 7.98. The van der Waals surface area contributed by atoms with E-state index in [1.54, 1.807) is 0 Å². The number of para-hydroxylation sites is 1. The van der Waals surface area contributed by atoms with E-state index in [0.29, 0.717) is 0 Å². The highest BCUT2D eigenvalue weighted by Gasteiger charge is 2.12. The zero-order valence-corrected chi connectivity index (χ0v) is 12.5. The quantitative estimate of drug-likeness (QED) is 0.888. The molecule has 0 fully saturated rings. The van der Waals surface area contributed by atoms with Gasteiger partial charge in [0, 0.05) is 16.2 Å². The number of nitrogens with two attached hydrogens (primary N) is 1. The first kappa shape index (κ1) is 15.9. The number of fused-ring (bicyclic) bond motifs is 3. The predicted molar refractivity (Wildman–Crippen MR) is 84.5 cm³/mol. The molecule has 0 saturated heterocycles. The van der Waals surface area contributed by atoms with Gasteiger partial charge < -0.3 is 10.5 Å². The Morgan fingerprint density at radius 1 is 1.16 bits per heavy atom. The van der Waals surface area contributed by atoms with Gasteiger partial charge in [0.2, 0.25) is 0 Å². The van der Waals surface area contributed by atoms with Gasteiger partial charge in [-0.25, -0.2) is 0 Å². The third-order valence-electron chi connectivity index (χ3n) is 2.40. The van der Waals surface area contributed by atoms with E-state index in [4.69, 9.17) is 10.5 Å². The summed E-state index contributed by atoms with van der Waals surface area (Å²) < 4.78 is 5.83. The molecule has 0 aromatic heterocycles. The third-order valence-corrected chi connectivity index (χ3v) is 3.45. The molecule has 0 radical (unpaired) electrons. The van der Waals surface area contributed by atoms with Crippen molar-refractivity contribution in [2.24, 2.45) is 5.73 Å². The lowest BCUT2D eigenvalue weighted by Gasteiger charge is -2.17. The molecule has 2 nitrogen and oxygen atoms in total. The Kier molecular flexibility index (Phi) is 6.78. The van der Waals surface area contributed by atoms with Crippen molar-refractivity contribution in [2.75, 3.05) is 6.54 Å². The number of ether oxygens (including phenoxy) is 1. The molecule has 2 aromatic carbocycles. The summed E-state index contributed by atoms with van der Waals surface area (Å²) in [7, 11) is 0. The van der Waals surface area contributed by atoms with E-state index in [9.17, 15) is 0 Å². The number of hydrogen-bond acceptors (Lipinski definition) is 3. The molecule has 4 rings (SSSR count). The lowest BCUT2D eigenvalue weighted by atomic mass is 10.2. The van der Waals surface area contributed by atoms with E-state index < -0.39 is 0 Å². The number of thioether (sulfide) groups is 1. The zero-order valence-electron chi connectivity index (χ0n) is 10.8. The van der Waals surface area contributed by atoms with Gasteiger partial charge in [-0.15, -0.1) is 24.2 Å². The van der Waals surface area contributed by atoms with Crippen molar-refractivity contribution < 1.29 is 4.74 Å². The second-order valence-electron chi connectivity index (χ2n) is 3.88. The maximum Gasteiger partial charge on any atom is 0.132 e. The minimum Gasteiger partial charge on any atom is -0.457 e. The van der Waals surface area contributed by atoms with Crippen molar-refractivity contribution in [3.63, 3.8) is 0 Å². The summed E-state index contributed by atoms with van der Waals surface area (Å²) in [6, 6.07) is 16.3. The van der Waals surface area contributed by atoms with E-state index in [0.717, 1.165) is 23.8 Å². The lowest BCUT2D eigenvalue weighted by molar-refractivity contribution is 0.476. The Morgan fingerprint density at radius 2 is 1.84 bits per heavy atom. The van der Waals surface area contributed by atoms with Crippen LogP contribution in [0.2, 0.25) is 0 Å². The van der Waals surface area contributed by atoms with Gasteiger partial charge in [-0.05, 0) is 30.8 Å². The van der Waals surface area contributed by atoms with Crippen molar-refractivity contribution in [1.29, 1.82) is 0 Å². The average molecular weight is 296 g/mol. The standard InChI is InChI=1S/C13H10OS.C2H7N.ClH/c1-2-4-11(5-3-1)14-13-8-12-7-6-10(13)9-15-12;1-2-3;/h1-8H,9H2;2-3H2,1H3;1H. The summed E-state index contributed by atoms with van der Waals surface area (Å²) in [6.07, 6.45) is 0. The Morgan fingerprint density at radius 3 is 2.32 bits per heavy atom. The van der Waals surface area contributed by atoms with Crippen LogP contribution in [0.3, 0.4) is 0 Å². The predicted octanol–water partition coefficient (Wildman–Crippen LogP) is 4.47. The Bertz CT molecular complexity index is 505. The van der Waals surface area contributed by atoms with Gasteiger partial charge in [0.25, 0.3) is 0 Å². The van der Waals surface area contributed by atoms with E-state index in [-0.39, 0.29) is 12.4 Å². The molecule has 102 valence electrons. The van der Waals surface area contributed by atoms with Crippen molar-refractivity contribution in [2.45, 2.75) is 17.6 Å². The van der Waals surface area contributed by atoms with Gasteiger partial charge in [0.1, 0.15) is 11.5 Å². The van der Waals surface area contributed by atoms with Crippen molar-refractivity contribution in [1.82, 2.24) is 0 Å². The fraction of sp³-hybridized carbons (Fsp3) is 0.200. The highest BCUT2D eigenvalue weighted by atomic mass is 35.5. The molecule has 2 aliphatic heterocycles. The molecular weight excluding hydrogens is 278 g/mol. The Balaban J connectivity index is 0.000000416. The number of rotatable bonds is 2. The number of halogens is 1. The van der Waals surface area contributed by atoms with Crippen LogP contribution >= 0.6 is 24.2 Å². The number of hydrogen-bond donors (Lipinski definition) is 1. The van der Waals surface area contributed by atoms with Crippen molar-refractivity contribution >= 4 is 24.2 Å². The summed E-state index contributed by atoms with van der Waals surface area (Å²) in [5.41, 5.74) is 6.12. The van der Waals surface area contributed by atoms with Crippen LogP contribution in [0, 0.1) is 0 Å². The van der Waals surface area contributed by atoms with Crippen LogP contribution in [-0.4, -0.2) is 6.54 Å². The molecule has 2 heterocycles. The smallest absolute Gasteiger partial charge is 0.132 e. The molecule has 0 atom stereocenters. The van der Waals surface area contributed by atoms with E-state index in [2.05, 4.69) is 18.2 Å². The molecule has 2 aromatic rings. The monoisotopic (exact) mass is 295 g/mol. The first-order chi connectivity index (χ1) is 8.83. The van der Waals surface area contributed by atoms with Crippen LogP contribution in [0.4, 0.5) is 0 Å². The topological polar surface area (TPSA) is 35.2 Å². The number of benzene rings is 2. The Hall–Kier alpha value is -1.16. The molecule has 0 saturated carbocycles. The van der Waals surface area contributed by atoms with Crippen LogP contribution in [0.1, 0.15) is 12.5 Å². The molecule has 0 amide bonds. The fourth-order valence-electron chi connectivity index (χ4n) is 1.62. The molecule has 19 heavy (non-hydrogen) atoms. The van der Waals surface area contributed by atoms with Gasteiger partial charge >= 0.3 is 0 Å². The third kappa shape index (κ3) is 4.46. The minimum absolute atomic E-state index is 0. The summed E-state index contributed by atoms with van der Waals surface area (Å²) >= 11 is 1.86. The first-order valence-electron chi connectivity index (χ1n) is 6.02. The molecule has 2 aliphatic rings. The van der Waals surface area contributed by atoms with Gasteiger partial charge in [-0.3, -0.25) is 0 Å². The molecule has 2 bridgehead atoms. The summed E-state index contributed by atoms with van der Waals surface area (Å²) in [4.78, 5) is 1.29. The molecule has 0 aliphatic carbocycles. The van der Waals surface area contributed by atoms with Crippen LogP contribution < -0.4 is 10.5 Å². The van der Waals surface area contributed by atoms with Crippen molar-refractivity contribution in [3.8, 4) is 11.5 Å². The second-order valence-corrected chi connectivity index (χ2v) is 4.93.